The number of nitrogens with zero attached hydrogens (tertiary/aromatic N) is 2. The molecule has 0 aliphatic carbocycles. The van der Waals surface area contributed by atoms with Gasteiger partial charge in [0, 0.05) is 44.7 Å². The van der Waals surface area contributed by atoms with E-state index in [2.05, 4.69) is 24.1 Å². The molecule has 98 valence electrons. The topological polar surface area (TPSA) is 35.6 Å². The largest absolute Gasteiger partial charge is 0.340 e. The van der Waals surface area contributed by atoms with Gasteiger partial charge in [0.2, 0.25) is 5.91 Å². The summed E-state index contributed by atoms with van der Waals surface area (Å²) in [5, 5.41) is 3.28. The summed E-state index contributed by atoms with van der Waals surface area (Å²) in [5.41, 5.74) is 0.295. The van der Waals surface area contributed by atoms with E-state index in [0.717, 1.165) is 39.3 Å². The molecular weight excluding hydrogens is 214 g/mol. The van der Waals surface area contributed by atoms with Gasteiger partial charge in [-0.2, -0.15) is 0 Å². The molecule has 4 heteroatoms. The molecule has 0 spiro atoms. The summed E-state index contributed by atoms with van der Waals surface area (Å²) in [6.07, 6.45) is 3.22. The number of nitrogens with one attached hydrogen (secondary N) is 1. The lowest BCUT2D eigenvalue weighted by atomic mass is 10.0. The van der Waals surface area contributed by atoms with E-state index >= 15 is 0 Å². The molecule has 0 aromatic rings. The molecule has 0 saturated carbocycles. The number of rotatable bonds is 3. The van der Waals surface area contributed by atoms with Crippen molar-refractivity contribution in [2.75, 3.05) is 39.3 Å². The minimum Gasteiger partial charge on any atom is -0.340 e. The fourth-order valence-corrected chi connectivity index (χ4v) is 2.88. The van der Waals surface area contributed by atoms with Crippen LogP contribution in [-0.4, -0.2) is 60.5 Å². The molecule has 2 fully saturated rings. The summed E-state index contributed by atoms with van der Waals surface area (Å²) < 4.78 is 0. The quantitative estimate of drug-likeness (QED) is 0.787. The first kappa shape index (κ1) is 12.8. The summed E-state index contributed by atoms with van der Waals surface area (Å²) in [6, 6.07) is 0. The molecule has 2 saturated heterocycles. The Bertz CT molecular complexity index is 272. The van der Waals surface area contributed by atoms with E-state index in [4.69, 9.17) is 0 Å². The molecule has 2 heterocycles. The Hall–Kier alpha value is -0.610. The molecule has 0 bridgehead atoms. The van der Waals surface area contributed by atoms with Gasteiger partial charge in [-0.1, -0.05) is 0 Å². The van der Waals surface area contributed by atoms with Crippen LogP contribution in [-0.2, 0) is 4.79 Å². The summed E-state index contributed by atoms with van der Waals surface area (Å²) in [6.45, 7) is 10.3. The highest BCUT2D eigenvalue weighted by atomic mass is 16.2. The fourth-order valence-electron chi connectivity index (χ4n) is 2.88. The van der Waals surface area contributed by atoms with Gasteiger partial charge in [0.25, 0.3) is 0 Å². The van der Waals surface area contributed by atoms with Gasteiger partial charge in [0.1, 0.15) is 0 Å². The van der Waals surface area contributed by atoms with Crippen molar-refractivity contribution in [3.63, 3.8) is 0 Å². The molecule has 2 rings (SSSR count). The van der Waals surface area contributed by atoms with Crippen LogP contribution in [0, 0.1) is 0 Å². The Morgan fingerprint density at radius 3 is 2.53 bits per heavy atom. The van der Waals surface area contributed by atoms with Crippen LogP contribution in [0.3, 0.4) is 0 Å². The standard InChI is InChI=1S/C13H25N3O/c1-13(2)5-3-8-16(13)9-4-12(17)15-10-6-14-7-11-15/h14H,3-11H2,1-2H3. The molecule has 17 heavy (non-hydrogen) atoms. The number of amides is 1. The van der Waals surface area contributed by atoms with Crippen molar-refractivity contribution in [3.05, 3.63) is 0 Å². The zero-order valence-corrected chi connectivity index (χ0v) is 11.2. The van der Waals surface area contributed by atoms with Crippen molar-refractivity contribution in [2.45, 2.75) is 38.6 Å². The molecule has 0 atom stereocenters. The van der Waals surface area contributed by atoms with E-state index in [-0.39, 0.29) is 0 Å². The Labute approximate surface area is 104 Å². The second kappa shape index (κ2) is 5.36. The second-order valence-corrected chi connectivity index (χ2v) is 5.78. The van der Waals surface area contributed by atoms with Crippen LogP contribution in [0.4, 0.5) is 0 Å². The monoisotopic (exact) mass is 239 g/mol. The van der Waals surface area contributed by atoms with Crippen LogP contribution in [0.1, 0.15) is 33.1 Å². The van der Waals surface area contributed by atoms with E-state index in [1.807, 2.05) is 4.90 Å². The lowest BCUT2D eigenvalue weighted by molar-refractivity contribution is -0.132. The Balaban J connectivity index is 1.75. The second-order valence-electron chi connectivity index (χ2n) is 5.78. The molecule has 1 N–H and O–H groups in total. The van der Waals surface area contributed by atoms with Crippen molar-refractivity contribution < 1.29 is 4.79 Å². The summed E-state index contributed by atoms with van der Waals surface area (Å²) >= 11 is 0. The van der Waals surface area contributed by atoms with Crippen LogP contribution in [0.5, 0.6) is 0 Å². The summed E-state index contributed by atoms with van der Waals surface area (Å²) in [4.78, 5) is 16.5. The lowest BCUT2D eigenvalue weighted by Crippen LogP contribution is -2.47. The number of hydrogen-bond acceptors (Lipinski definition) is 3. The first-order valence-electron chi connectivity index (χ1n) is 6.83. The number of carbonyl (C=O) groups excluding carboxylic acids is 1. The van der Waals surface area contributed by atoms with Crippen molar-refractivity contribution in [3.8, 4) is 0 Å². The van der Waals surface area contributed by atoms with Gasteiger partial charge in [-0.15, -0.1) is 0 Å². The van der Waals surface area contributed by atoms with E-state index in [9.17, 15) is 4.79 Å². The van der Waals surface area contributed by atoms with Gasteiger partial charge in [-0.25, -0.2) is 0 Å². The average molecular weight is 239 g/mol. The van der Waals surface area contributed by atoms with Crippen LogP contribution < -0.4 is 5.32 Å². The van der Waals surface area contributed by atoms with Gasteiger partial charge in [-0.3, -0.25) is 9.69 Å². The van der Waals surface area contributed by atoms with Crippen LogP contribution in [0.2, 0.25) is 0 Å². The minimum absolute atomic E-state index is 0.295. The molecule has 0 aromatic heterocycles. The van der Waals surface area contributed by atoms with Crippen molar-refractivity contribution in [1.29, 1.82) is 0 Å². The van der Waals surface area contributed by atoms with Crippen molar-refractivity contribution >= 4 is 5.91 Å². The van der Waals surface area contributed by atoms with Gasteiger partial charge in [-0.05, 0) is 33.2 Å². The molecular formula is C13H25N3O. The predicted molar refractivity (Wildman–Crippen MR) is 69.0 cm³/mol. The van der Waals surface area contributed by atoms with Gasteiger partial charge < -0.3 is 10.2 Å². The molecule has 4 nitrogen and oxygen atoms in total. The molecule has 0 radical (unpaired) electrons. The van der Waals surface area contributed by atoms with Crippen LogP contribution >= 0.6 is 0 Å². The fraction of sp³-hybridized carbons (Fsp3) is 0.923. The first-order chi connectivity index (χ1) is 8.09. The highest BCUT2D eigenvalue weighted by molar-refractivity contribution is 5.76. The summed E-state index contributed by atoms with van der Waals surface area (Å²) in [7, 11) is 0. The third kappa shape index (κ3) is 3.19. The smallest absolute Gasteiger partial charge is 0.223 e. The van der Waals surface area contributed by atoms with Gasteiger partial charge in [0.15, 0.2) is 0 Å². The maximum absolute atomic E-state index is 12.0. The predicted octanol–water partition coefficient (Wildman–Crippen LogP) is 0.683. The Morgan fingerprint density at radius 2 is 1.94 bits per heavy atom. The highest BCUT2D eigenvalue weighted by Crippen LogP contribution is 2.27. The molecule has 0 unspecified atom stereocenters. The maximum atomic E-state index is 12.0. The third-order valence-corrected chi connectivity index (χ3v) is 4.14. The lowest BCUT2D eigenvalue weighted by Gasteiger charge is -2.33. The normalized spacial score (nSPS) is 25.2. The van der Waals surface area contributed by atoms with Gasteiger partial charge >= 0.3 is 0 Å². The highest BCUT2D eigenvalue weighted by Gasteiger charge is 2.31. The molecule has 0 aromatic carbocycles. The number of carbonyl (C=O) groups is 1. The molecule has 1 amide bonds. The average Bonchev–Trinajstić information content (AvgIpc) is 2.66. The zero-order chi connectivity index (χ0) is 12.3. The number of piperazine rings is 1. The van der Waals surface area contributed by atoms with Crippen LogP contribution in [0.25, 0.3) is 0 Å². The third-order valence-electron chi connectivity index (χ3n) is 4.14. The molecule has 2 aliphatic rings. The minimum atomic E-state index is 0.295. The SMILES string of the molecule is CC1(C)CCCN1CCC(=O)N1CCNCC1. The summed E-state index contributed by atoms with van der Waals surface area (Å²) in [5.74, 6) is 0.328. The van der Waals surface area contributed by atoms with Crippen molar-refractivity contribution in [1.82, 2.24) is 15.1 Å². The van der Waals surface area contributed by atoms with E-state index < -0.39 is 0 Å². The van der Waals surface area contributed by atoms with Crippen molar-refractivity contribution in [2.24, 2.45) is 0 Å². The van der Waals surface area contributed by atoms with E-state index in [0.29, 0.717) is 17.9 Å². The zero-order valence-electron chi connectivity index (χ0n) is 11.2. The Morgan fingerprint density at radius 1 is 1.24 bits per heavy atom. The molecule has 2 aliphatic heterocycles. The van der Waals surface area contributed by atoms with Gasteiger partial charge in [0.05, 0.1) is 0 Å². The Kier molecular flexibility index (Phi) is 4.05. The first-order valence-corrected chi connectivity index (χ1v) is 6.83. The van der Waals surface area contributed by atoms with E-state index in [1.54, 1.807) is 0 Å². The maximum Gasteiger partial charge on any atom is 0.223 e. The van der Waals surface area contributed by atoms with Crippen LogP contribution in [0.15, 0.2) is 0 Å². The number of hydrogen-bond donors (Lipinski definition) is 1. The van der Waals surface area contributed by atoms with E-state index in [1.165, 1.54) is 12.8 Å². The number of likely N-dealkylation sites (tertiary alicyclic amines) is 1.